The lowest BCUT2D eigenvalue weighted by Crippen LogP contribution is -2.13. The van der Waals surface area contributed by atoms with Crippen LogP contribution in [-0.4, -0.2) is 28.4 Å². The topological polar surface area (TPSA) is 40.9 Å². The third-order valence-electron chi connectivity index (χ3n) is 7.28. The summed E-state index contributed by atoms with van der Waals surface area (Å²) in [4.78, 5) is 3.37. The highest BCUT2D eigenvalue weighted by Gasteiger charge is 2.54. The Hall–Kier alpha value is -1.84. The molecule has 0 amide bonds. The number of epoxide rings is 2. The molecular weight excluding hydrogens is 382 g/mol. The smallest absolute Gasteiger partial charge is 0.0921 e. The number of H-pyrrole nitrogens is 1. The van der Waals surface area contributed by atoms with Crippen molar-refractivity contribution in [3.05, 3.63) is 59.3 Å². The molecule has 0 radical (unpaired) electrons. The monoisotopic (exact) mass is 421 g/mol. The highest BCUT2D eigenvalue weighted by molar-refractivity contribution is 5.83. The maximum Gasteiger partial charge on any atom is 0.0921 e. The van der Waals surface area contributed by atoms with E-state index in [9.17, 15) is 0 Å². The van der Waals surface area contributed by atoms with Gasteiger partial charge in [0.05, 0.1) is 23.4 Å². The molecule has 0 saturated carbocycles. The van der Waals surface area contributed by atoms with Crippen LogP contribution < -0.4 is 0 Å². The van der Waals surface area contributed by atoms with Gasteiger partial charge in [0.15, 0.2) is 0 Å². The average Bonchev–Trinajstić information content (AvgIpc) is 3.50. The van der Waals surface area contributed by atoms with Crippen molar-refractivity contribution in [1.82, 2.24) is 4.98 Å². The summed E-state index contributed by atoms with van der Waals surface area (Å²) in [5.41, 5.74) is 5.76. The number of fused-ring (bicyclic) bond motifs is 1. The lowest BCUT2D eigenvalue weighted by molar-refractivity contribution is 0.274. The van der Waals surface area contributed by atoms with Crippen LogP contribution in [0, 0.1) is 0 Å². The van der Waals surface area contributed by atoms with Gasteiger partial charge in [-0.2, -0.15) is 0 Å². The Morgan fingerprint density at radius 3 is 2.48 bits per heavy atom. The van der Waals surface area contributed by atoms with Gasteiger partial charge in [-0.15, -0.1) is 0 Å². The molecule has 3 heterocycles. The van der Waals surface area contributed by atoms with Gasteiger partial charge in [0, 0.05) is 17.1 Å². The molecule has 168 valence electrons. The standard InChI is InChI=1S/C28H39NO2/c1-20(13-15-22-19-29-24-12-7-6-11-23(22)24)9-8-10-21(2)14-16-26-28(5,31-26)18-17-25-27(3,4)30-25/h6-7,10-13,19,25-26,29H,8-9,14-18H2,1-5H3/b20-13+,21-10+. The molecular formula is C28H39NO2. The summed E-state index contributed by atoms with van der Waals surface area (Å²) in [5, 5.41) is 1.34. The molecule has 1 N–H and O–H groups in total. The fraction of sp³-hybridized carbons (Fsp3) is 0.571. The summed E-state index contributed by atoms with van der Waals surface area (Å²) in [5.74, 6) is 0. The van der Waals surface area contributed by atoms with Crippen molar-refractivity contribution in [2.24, 2.45) is 0 Å². The van der Waals surface area contributed by atoms with Crippen LogP contribution in [0.3, 0.4) is 0 Å². The summed E-state index contributed by atoms with van der Waals surface area (Å²) < 4.78 is 11.8. The molecule has 2 aromatic rings. The number of rotatable bonds is 11. The Balaban J connectivity index is 1.14. The fourth-order valence-electron chi connectivity index (χ4n) is 4.73. The molecule has 3 heteroatoms. The minimum Gasteiger partial charge on any atom is -0.367 e. The van der Waals surface area contributed by atoms with Crippen LogP contribution >= 0.6 is 0 Å². The minimum absolute atomic E-state index is 0.0873. The first-order chi connectivity index (χ1) is 14.8. The van der Waals surface area contributed by atoms with E-state index in [2.05, 4.69) is 82.2 Å². The van der Waals surface area contributed by atoms with Crippen molar-refractivity contribution in [2.75, 3.05) is 0 Å². The fourth-order valence-corrected chi connectivity index (χ4v) is 4.73. The Labute approximate surface area is 187 Å². The van der Waals surface area contributed by atoms with E-state index in [1.807, 2.05) is 0 Å². The molecule has 3 nitrogen and oxygen atoms in total. The van der Waals surface area contributed by atoms with Gasteiger partial charge in [-0.3, -0.25) is 0 Å². The molecule has 2 aliphatic rings. The van der Waals surface area contributed by atoms with Crippen molar-refractivity contribution < 1.29 is 9.47 Å². The Bertz CT molecular complexity index is 966. The normalized spacial score (nSPS) is 27.6. The molecule has 2 aliphatic heterocycles. The van der Waals surface area contributed by atoms with Crippen LogP contribution in [-0.2, 0) is 15.9 Å². The highest BCUT2D eigenvalue weighted by Crippen LogP contribution is 2.47. The Kier molecular flexibility index (Phi) is 6.46. The molecule has 3 unspecified atom stereocenters. The summed E-state index contributed by atoms with van der Waals surface area (Å²) in [6, 6.07) is 8.53. The molecule has 0 bridgehead atoms. The predicted octanol–water partition coefficient (Wildman–Crippen LogP) is 7.28. The zero-order valence-electron chi connectivity index (χ0n) is 20.0. The summed E-state index contributed by atoms with van der Waals surface area (Å²) >= 11 is 0. The van der Waals surface area contributed by atoms with Gasteiger partial charge >= 0.3 is 0 Å². The van der Waals surface area contributed by atoms with E-state index in [0.29, 0.717) is 12.2 Å². The first kappa shape index (κ1) is 22.4. The van der Waals surface area contributed by atoms with E-state index in [-0.39, 0.29) is 11.2 Å². The predicted molar refractivity (Wildman–Crippen MR) is 129 cm³/mol. The van der Waals surface area contributed by atoms with Crippen molar-refractivity contribution in [3.8, 4) is 0 Å². The molecule has 2 fully saturated rings. The number of para-hydroxylation sites is 1. The maximum absolute atomic E-state index is 6.05. The lowest BCUT2D eigenvalue weighted by atomic mass is 9.94. The molecule has 4 rings (SSSR count). The number of hydrogen-bond acceptors (Lipinski definition) is 2. The van der Waals surface area contributed by atoms with Crippen LogP contribution in [0.5, 0.6) is 0 Å². The third kappa shape index (κ3) is 5.70. The number of aromatic amines is 1. The van der Waals surface area contributed by atoms with Gasteiger partial charge in [-0.05, 0) is 91.2 Å². The zero-order valence-corrected chi connectivity index (χ0v) is 20.0. The van der Waals surface area contributed by atoms with E-state index in [0.717, 1.165) is 44.9 Å². The van der Waals surface area contributed by atoms with Gasteiger partial charge in [-0.1, -0.05) is 41.5 Å². The second-order valence-corrected chi connectivity index (χ2v) is 10.4. The second-order valence-electron chi connectivity index (χ2n) is 10.4. The molecule has 1 aromatic heterocycles. The minimum atomic E-state index is 0.0873. The van der Waals surface area contributed by atoms with Gasteiger partial charge < -0.3 is 14.5 Å². The van der Waals surface area contributed by atoms with E-state index >= 15 is 0 Å². The SMILES string of the molecule is C/C(=C\Cc1c[nH]c2ccccc12)CC/C=C(\C)CCC1OC1(C)CCC1OC1(C)C. The third-order valence-corrected chi connectivity index (χ3v) is 7.28. The molecule has 1 aromatic carbocycles. The van der Waals surface area contributed by atoms with Crippen molar-refractivity contribution in [1.29, 1.82) is 0 Å². The number of ether oxygens (including phenoxy) is 2. The maximum atomic E-state index is 6.05. The van der Waals surface area contributed by atoms with Crippen LogP contribution in [0.25, 0.3) is 10.9 Å². The summed E-state index contributed by atoms with van der Waals surface area (Å²) in [7, 11) is 0. The van der Waals surface area contributed by atoms with Gasteiger partial charge in [0.2, 0.25) is 0 Å². The van der Waals surface area contributed by atoms with Crippen molar-refractivity contribution >= 4 is 10.9 Å². The van der Waals surface area contributed by atoms with E-state index < -0.39 is 0 Å². The van der Waals surface area contributed by atoms with Crippen LogP contribution in [0.2, 0.25) is 0 Å². The van der Waals surface area contributed by atoms with E-state index in [1.165, 1.54) is 27.6 Å². The molecule has 2 saturated heterocycles. The number of hydrogen-bond donors (Lipinski definition) is 1. The van der Waals surface area contributed by atoms with E-state index in [4.69, 9.17) is 9.47 Å². The van der Waals surface area contributed by atoms with Gasteiger partial charge in [0.1, 0.15) is 0 Å². The molecule has 0 aliphatic carbocycles. The summed E-state index contributed by atoms with van der Waals surface area (Å²) in [6.07, 6.45) is 15.6. The Morgan fingerprint density at radius 1 is 0.968 bits per heavy atom. The van der Waals surface area contributed by atoms with Crippen LogP contribution in [0.15, 0.2) is 53.8 Å². The number of benzene rings is 1. The van der Waals surface area contributed by atoms with Crippen molar-refractivity contribution in [3.63, 3.8) is 0 Å². The molecule has 0 spiro atoms. The van der Waals surface area contributed by atoms with Gasteiger partial charge in [0.25, 0.3) is 0 Å². The number of allylic oxidation sites excluding steroid dienone is 4. The molecule has 31 heavy (non-hydrogen) atoms. The first-order valence-corrected chi connectivity index (χ1v) is 12.0. The van der Waals surface area contributed by atoms with Crippen LogP contribution in [0.1, 0.15) is 78.7 Å². The average molecular weight is 422 g/mol. The number of aromatic nitrogens is 1. The summed E-state index contributed by atoms with van der Waals surface area (Å²) in [6.45, 7) is 11.2. The first-order valence-electron chi connectivity index (χ1n) is 12.0. The van der Waals surface area contributed by atoms with Crippen LogP contribution in [0.4, 0.5) is 0 Å². The van der Waals surface area contributed by atoms with Crippen molar-refractivity contribution in [2.45, 2.75) is 103 Å². The van der Waals surface area contributed by atoms with Gasteiger partial charge in [-0.25, -0.2) is 0 Å². The lowest BCUT2D eigenvalue weighted by Gasteiger charge is -2.06. The zero-order chi connectivity index (χ0) is 22.1. The number of nitrogens with one attached hydrogen (secondary N) is 1. The second kappa shape index (κ2) is 8.96. The quantitative estimate of drug-likeness (QED) is 0.306. The largest absolute Gasteiger partial charge is 0.367 e. The molecule has 3 atom stereocenters. The highest BCUT2D eigenvalue weighted by atomic mass is 16.6. The van der Waals surface area contributed by atoms with E-state index in [1.54, 1.807) is 0 Å². The Morgan fingerprint density at radius 2 is 1.71 bits per heavy atom.